The topological polar surface area (TPSA) is 23.5 Å². The van der Waals surface area contributed by atoms with E-state index in [1.165, 1.54) is 19.4 Å². The smallest absolute Gasteiger partial charge is 0.0804 e. The lowest BCUT2D eigenvalue weighted by molar-refractivity contribution is -0.00197. The molecule has 76 valence electrons. The molecule has 2 aliphatic rings. The minimum Gasteiger partial charge on any atom is -0.388 e. The standard InChI is InChI=1S/C11H21NO/c1-3-12-8-9(2)4-5-10(12)11(13)6-7-11/h9-10,13H,3-8H2,1-2H3/t9-,10+/m1/s1. The Labute approximate surface area is 80.9 Å². The molecule has 0 bridgehead atoms. The summed E-state index contributed by atoms with van der Waals surface area (Å²) < 4.78 is 0. The Hall–Kier alpha value is -0.0800. The van der Waals surface area contributed by atoms with Crippen LogP contribution in [0.3, 0.4) is 0 Å². The third-order valence-corrected chi connectivity index (χ3v) is 3.71. The van der Waals surface area contributed by atoms with Crippen molar-refractivity contribution in [2.75, 3.05) is 13.1 Å². The molecule has 2 atom stereocenters. The van der Waals surface area contributed by atoms with Crippen LogP contribution in [0.4, 0.5) is 0 Å². The molecule has 2 rings (SSSR count). The van der Waals surface area contributed by atoms with Crippen molar-refractivity contribution in [3.63, 3.8) is 0 Å². The van der Waals surface area contributed by atoms with Crippen LogP contribution in [0, 0.1) is 5.92 Å². The fourth-order valence-electron chi connectivity index (χ4n) is 2.66. The van der Waals surface area contributed by atoms with Crippen molar-refractivity contribution in [1.82, 2.24) is 4.90 Å². The van der Waals surface area contributed by atoms with Crippen molar-refractivity contribution in [1.29, 1.82) is 0 Å². The molecule has 13 heavy (non-hydrogen) atoms. The van der Waals surface area contributed by atoms with E-state index in [9.17, 15) is 5.11 Å². The Morgan fingerprint density at radius 1 is 1.38 bits per heavy atom. The van der Waals surface area contributed by atoms with Crippen LogP contribution in [0.1, 0.15) is 39.5 Å². The highest BCUT2D eigenvalue weighted by molar-refractivity contribution is 5.05. The normalized spacial score (nSPS) is 39.0. The lowest BCUT2D eigenvalue weighted by atomic mass is 9.90. The van der Waals surface area contributed by atoms with E-state index in [1.807, 2.05) is 0 Å². The maximum Gasteiger partial charge on any atom is 0.0804 e. The van der Waals surface area contributed by atoms with Crippen LogP contribution in [-0.4, -0.2) is 34.7 Å². The average molecular weight is 183 g/mol. The number of aliphatic hydroxyl groups is 1. The molecule has 2 heteroatoms. The van der Waals surface area contributed by atoms with Crippen molar-refractivity contribution in [2.45, 2.75) is 51.2 Å². The van der Waals surface area contributed by atoms with Crippen LogP contribution in [0.25, 0.3) is 0 Å². The van der Waals surface area contributed by atoms with Gasteiger partial charge in [-0.15, -0.1) is 0 Å². The van der Waals surface area contributed by atoms with Crippen molar-refractivity contribution < 1.29 is 5.11 Å². The van der Waals surface area contributed by atoms with E-state index in [4.69, 9.17) is 0 Å². The van der Waals surface area contributed by atoms with Crippen LogP contribution < -0.4 is 0 Å². The number of likely N-dealkylation sites (N-methyl/N-ethyl adjacent to an activating group) is 1. The molecule has 2 fully saturated rings. The molecule has 1 saturated heterocycles. The Morgan fingerprint density at radius 2 is 2.08 bits per heavy atom. The quantitative estimate of drug-likeness (QED) is 0.703. The number of hydrogen-bond donors (Lipinski definition) is 1. The monoisotopic (exact) mass is 183 g/mol. The van der Waals surface area contributed by atoms with Gasteiger partial charge in [0.15, 0.2) is 0 Å². The van der Waals surface area contributed by atoms with Gasteiger partial charge in [-0.2, -0.15) is 0 Å². The second kappa shape index (κ2) is 3.25. The summed E-state index contributed by atoms with van der Waals surface area (Å²) in [5, 5.41) is 10.1. The predicted molar refractivity (Wildman–Crippen MR) is 53.6 cm³/mol. The molecule has 1 heterocycles. The van der Waals surface area contributed by atoms with Gasteiger partial charge in [0.05, 0.1) is 5.60 Å². The molecule has 0 aromatic heterocycles. The van der Waals surface area contributed by atoms with Gasteiger partial charge in [0.25, 0.3) is 0 Å². The van der Waals surface area contributed by atoms with Gasteiger partial charge >= 0.3 is 0 Å². The van der Waals surface area contributed by atoms with E-state index in [1.54, 1.807) is 0 Å². The summed E-state index contributed by atoms with van der Waals surface area (Å²) in [6, 6.07) is 0.466. The molecule has 0 aromatic carbocycles. The fraction of sp³-hybridized carbons (Fsp3) is 1.00. The maximum atomic E-state index is 10.1. The minimum atomic E-state index is -0.295. The zero-order valence-corrected chi connectivity index (χ0v) is 8.79. The lowest BCUT2D eigenvalue weighted by Gasteiger charge is -2.40. The summed E-state index contributed by atoms with van der Waals surface area (Å²) >= 11 is 0. The average Bonchev–Trinajstić information content (AvgIpc) is 2.84. The molecule has 0 amide bonds. The number of likely N-dealkylation sites (tertiary alicyclic amines) is 1. The highest BCUT2D eigenvalue weighted by Gasteiger charge is 2.50. The van der Waals surface area contributed by atoms with Crippen molar-refractivity contribution >= 4 is 0 Å². The summed E-state index contributed by atoms with van der Waals surface area (Å²) in [4.78, 5) is 2.47. The van der Waals surface area contributed by atoms with Crippen molar-refractivity contribution in [3.05, 3.63) is 0 Å². The summed E-state index contributed by atoms with van der Waals surface area (Å²) in [6.45, 7) is 6.80. The van der Waals surface area contributed by atoms with Gasteiger partial charge in [-0.1, -0.05) is 13.8 Å². The Bertz CT molecular complexity index is 189. The SMILES string of the molecule is CCN1C[C@H](C)CC[C@H]1C1(O)CC1. The Kier molecular flexibility index (Phi) is 2.37. The number of nitrogens with zero attached hydrogens (tertiary/aromatic N) is 1. The molecule has 1 N–H and O–H groups in total. The zero-order valence-electron chi connectivity index (χ0n) is 8.79. The molecular formula is C11H21NO. The molecule has 1 aliphatic heterocycles. The van der Waals surface area contributed by atoms with Gasteiger partial charge in [-0.3, -0.25) is 4.90 Å². The van der Waals surface area contributed by atoms with Crippen molar-refractivity contribution in [3.8, 4) is 0 Å². The predicted octanol–water partition coefficient (Wildman–Crippen LogP) is 1.63. The minimum absolute atomic E-state index is 0.295. The molecular weight excluding hydrogens is 162 g/mol. The summed E-state index contributed by atoms with van der Waals surface area (Å²) in [5.41, 5.74) is -0.295. The molecule has 0 spiro atoms. The molecule has 1 saturated carbocycles. The number of piperidine rings is 1. The Balaban J connectivity index is 2.01. The van der Waals surface area contributed by atoms with Gasteiger partial charge in [-0.05, 0) is 38.1 Å². The van der Waals surface area contributed by atoms with Gasteiger partial charge in [0.1, 0.15) is 0 Å². The van der Waals surface area contributed by atoms with Crippen molar-refractivity contribution in [2.24, 2.45) is 5.92 Å². The highest BCUT2D eigenvalue weighted by Crippen LogP contribution is 2.44. The lowest BCUT2D eigenvalue weighted by Crippen LogP contribution is -2.50. The molecule has 0 unspecified atom stereocenters. The maximum absolute atomic E-state index is 10.1. The van der Waals surface area contributed by atoms with E-state index < -0.39 is 0 Å². The van der Waals surface area contributed by atoms with E-state index >= 15 is 0 Å². The van der Waals surface area contributed by atoms with E-state index in [0.29, 0.717) is 6.04 Å². The van der Waals surface area contributed by atoms with E-state index in [-0.39, 0.29) is 5.60 Å². The second-order valence-electron chi connectivity index (χ2n) is 4.89. The van der Waals surface area contributed by atoms with E-state index in [2.05, 4.69) is 18.7 Å². The van der Waals surface area contributed by atoms with Gasteiger partial charge in [-0.25, -0.2) is 0 Å². The Morgan fingerprint density at radius 3 is 2.62 bits per heavy atom. The van der Waals surface area contributed by atoms with E-state index in [0.717, 1.165) is 25.3 Å². The summed E-state index contributed by atoms with van der Waals surface area (Å²) in [5.74, 6) is 0.818. The third-order valence-electron chi connectivity index (χ3n) is 3.71. The first kappa shape index (κ1) is 9.47. The van der Waals surface area contributed by atoms with Crippen LogP contribution >= 0.6 is 0 Å². The van der Waals surface area contributed by atoms with Gasteiger partial charge in [0, 0.05) is 12.6 Å². The summed E-state index contributed by atoms with van der Waals surface area (Å²) in [6.07, 6.45) is 4.56. The molecule has 0 aromatic rings. The molecule has 2 nitrogen and oxygen atoms in total. The van der Waals surface area contributed by atoms with Crippen LogP contribution in [0.5, 0.6) is 0 Å². The van der Waals surface area contributed by atoms with Crippen LogP contribution in [-0.2, 0) is 0 Å². The molecule has 0 radical (unpaired) electrons. The van der Waals surface area contributed by atoms with Gasteiger partial charge in [0.2, 0.25) is 0 Å². The first-order valence-electron chi connectivity index (χ1n) is 5.62. The first-order chi connectivity index (χ1) is 6.15. The summed E-state index contributed by atoms with van der Waals surface area (Å²) in [7, 11) is 0. The fourth-order valence-corrected chi connectivity index (χ4v) is 2.66. The first-order valence-corrected chi connectivity index (χ1v) is 5.62. The van der Waals surface area contributed by atoms with Gasteiger partial charge < -0.3 is 5.11 Å². The zero-order chi connectivity index (χ0) is 9.47. The van der Waals surface area contributed by atoms with Crippen LogP contribution in [0.2, 0.25) is 0 Å². The third kappa shape index (κ3) is 1.75. The molecule has 1 aliphatic carbocycles. The number of hydrogen-bond acceptors (Lipinski definition) is 2. The largest absolute Gasteiger partial charge is 0.388 e. The highest BCUT2D eigenvalue weighted by atomic mass is 16.3. The van der Waals surface area contributed by atoms with Crippen LogP contribution in [0.15, 0.2) is 0 Å². The number of rotatable bonds is 2. The second-order valence-corrected chi connectivity index (χ2v) is 4.89.